The van der Waals surface area contributed by atoms with E-state index in [0.717, 1.165) is 0 Å². The average molecular weight is 241 g/mol. The van der Waals surface area contributed by atoms with Crippen LogP contribution in [0, 0.1) is 0 Å². The van der Waals surface area contributed by atoms with E-state index in [-0.39, 0.29) is 13.0 Å². The Bertz CT molecular complexity index is 488. The van der Waals surface area contributed by atoms with Crippen LogP contribution in [0.5, 0.6) is 0 Å². The van der Waals surface area contributed by atoms with Gasteiger partial charge in [-0.2, -0.15) is 0 Å². The zero-order valence-electron chi connectivity index (χ0n) is 9.71. The fourth-order valence-electron chi connectivity index (χ4n) is 2.22. The van der Waals surface area contributed by atoms with E-state index in [4.69, 9.17) is 9.84 Å². The summed E-state index contributed by atoms with van der Waals surface area (Å²) in [6.07, 6.45) is -1.84. The standard InChI is InChI=1S/C11H15NO5/c1-12(2)9-8(10(15)11(9)16)6-3-5(14)7(4-13)17-6/h5-7,13-14H,3-4H2,1-2H3. The van der Waals surface area contributed by atoms with Gasteiger partial charge in [0, 0.05) is 20.5 Å². The Morgan fingerprint density at radius 2 is 2.00 bits per heavy atom. The molecule has 1 aliphatic rings. The third kappa shape index (κ3) is 1.78. The summed E-state index contributed by atoms with van der Waals surface area (Å²) in [6, 6.07) is 0. The SMILES string of the molecule is CN(C)c1c(C2CC(O)C(CO)O2)c(=O)c1=O. The van der Waals surface area contributed by atoms with Gasteiger partial charge < -0.3 is 19.8 Å². The summed E-state index contributed by atoms with van der Waals surface area (Å²) >= 11 is 0. The molecule has 1 aromatic rings. The topological polar surface area (TPSA) is 87.1 Å². The first kappa shape index (κ1) is 12.2. The molecule has 2 rings (SSSR count). The first-order valence-corrected chi connectivity index (χ1v) is 5.42. The molecule has 2 N–H and O–H groups in total. The molecule has 1 fully saturated rings. The zero-order valence-corrected chi connectivity index (χ0v) is 9.71. The molecular weight excluding hydrogens is 226 g/mol. The molecule has 1 saturated heterocycles. The summed E-state index contributed by atoms with van der Waals surface area (Å²) in [4.78, 5) is 24.5. The third-order valence-corrected chi connectivity index (χ3v) is 3.09. The fourth-order valence-corrected chi connectivity index (χ4v) is 2.22. The molecule has 0 bridgehead atoms. The lowest BCUT2D eigenvalue weighted by Gasteiger charge is -2.21. The van der Waals surface area contributed by atoms with Crippen LogP contribution < -0.4 is 15.8 Å². The molecule has 0 spiro atoms. The summed E-state index contributed by atoms with van der Waals surface area (Å²) in [5, 5.41) is 18.5. The zero-order chi connectivity index (χ0) is 12.7. The molecule has 0 saturated carbocycles. The molecule has 6 nitrogen and oxygen atoms in total. The second-order valence-electron chi connectivity index (χ2n) is 4.46. The highest BCUT2D eigenvalue weighted by molar-refractivity contribution is 5.58. The molecule has 17 heavy (non-hydrogen) atoms. The van der Waals surface area contributed by atoms with E-state index in [1.807, 2.05) is 0 Å². The highest BCUT2D eigenvalue weighted by Crippen LogP contribution is 2.35. The van der Waals surface area contributed by atoms with E-state index < -0.39 is 29.2 Å². The lowest BCUT2D eigenvalue weighted by atomic mass is 9.97. The number of nitrogens with zero attached hydrogens (tertiary/aromatic N) is 1. The Morgan fingerprint density at radius 1 is 1.35 bits per heavy atom. The molecule has 1 heterocycles. The van der Waals surface area contributed by atoms with Crippen LogP contribution in [0.3, 0.4) is 0 Å². The van der Waals surface area contributed by atoms with Gasteiger partial charge in [0.15, 0.2) is 0 Å². The van der Waals surface area contributed by atoms with E-state index in [1.165, 1.54) is 0 Å². The van der Waals surface area contributed by atoms with Crippen LogP contribution in [-0.4, -0.2) is 43.1 Å². The second kappa shape index (κ2) is 4.21. The monoisotopic (exact) mass is 241 g/mol. The molecule has 3 atom stereocenters. The molecule has 94 valence electrons. The van der Waals surface area contributed by atoms with Crippen LogP contribution in [-0.2, 0) is 4.74 Å². The number of aliphatic hydroxyl groups excluding tert-OH is 2. The Balaban J connectivity index is 2.29. The number of hydrogen-bond acceptors (Lipinski definition) is 6. The molecule has 6 heteroatoms. The van der Waals surface area contributed by atoms with E-state index in [1.54, 1.807) is 19.0 Å². The van der Waals surface area contributed by atoms with E-state index >= 15 is 0 Å². The largest absolute Gasteiger partial charge is 0.394 e. The minimum Gasteiger partial charge on any atom is -0.394 e. The molecule has 0 aromatic heterocycles. The van der Waals surface area contributed by atoms with Crippen LogP contribution in [0.4, 0.5) is 5.69 Å². The van der Waals surface area contributed by atoms with Gasteiger partial charge in [-0.25, -0.2) is 0 Å². The number of ether oxygens (including phenoxy) is 1. The van der Waals surface area contributed by atoms with Crippen molar-refractivity contribution in [1.82, 2.24) is 0 Å². The molecule has 0 amide bonds. The summed E-state index contributed by atoms with van der Waals surface area (Å²) in [7, 11) is 3.35. The van der Waals surface area contributed by atoms with Crippen LogP contribution in [0.2, 0.25) is 0 Å². The van der Waals surface area contributed by atoms with Gasteiger partial charge in [-0.1, -0.05) is 0 Å². The molecule has 0 aliphatic carbocycles. The van der Waals surface area contributed by atoms with Crippen LogP contribution in [0.1, 0.15) is 18.1 Å². The predicted octanol–water partition coefficient (Wildman–Crippen LogP) is -1.47. The molecular formula is C11H15NO5. The maximum atomic E-state index is 11.5. The number of anilines is 1. The number of aliphatic hydroxyl groups is 2. The second-order valence-corrected chi connectivity index (χ2v) is 4.46. The highest BCUT2D eigenvalue weighted by Gasteiger charge is 2.39. The normalized spacial score (nSPS) is 28.8. The molecule has 0 radical (unpaired) electrons. The lowest BCUT2D eigenvalue weighted by Crippen LogP contribution is -2.42. The minimum absolute atomic E-state index is 0.233. The van der Waals surface area contributed by atoms with E-state index in [0.29, 0.717) is 11.3 Å². The number of hydrogen-bond donors (Lipinski definition) is 2. The van der Waals surface area contributed by atoms with Gasteiger partial charge >= 0.3 is 0 Å². The summed E-state index contributed by atoms with van der Waals surface area (Å²) < 4.78 is 5.37. The van der Waals surface area contributed by atoms with Crippen molar-refractivity contribution < 1.29 is 14.9 Å². The van der Waals surface area contributed by atoms with E-state index in [9.17, 15) is 14.7 Å². The van der Waals surface area contributed by atoms with Crippen molar-refractivity contribution in [2.75, 3.05) is 25.6 Å². The summed E-state index contributed by atoms with van der Waals surface area (Å²) in [5.41, 5.74) is -0.416. The van der Waals surface area contributed by atoms with Crippen molar-refractivity contribution in [3.8, 4) is 0 Å². The Labute approximate surface area is 97.7 Å². The average Bonchev–Trinajstić information content (AvgIpc) is 2.64. The van der Waals surface area contributed by atoms with Crippen LogP contribution in [0.25, 0.3) is 0 Å². The third-order valence-electron chi connectivity index (χ3n) is 3.09. The minimum atomic E-state index is -0.801. The number of rotatable bonds is 3. The molecule has 1 aromatic carbocycles. The maximum absolute atomic E-state index is 11.5. The van der Waals surface area contributed by atoms with Gasteiger partial charge in [0.05, 0.1) is 30.1 Å². The maximum Gasteiger partial charge on any atom is 0.249 e. The fraction of sp³-hybridized carbons (Fsp3) is 0.636. The first-order valence-electron chi connectivity index (χ1n) is 5.42. The van der Waals surface area contributed by atoms with Gasteiger partial charge in [-0.15, -0.1) is 0 Å². The Kier molecular flexibility index (Phi) is 3.03. The summed E-state index contributed by atoms with van der Waals surface area (Å²) in [5.74, 6) is 0. The van der Waals surface area contributed by atoms with Gasteiger partial charge in [0.25, 0.3) is 0 Å². The van der Waals surface area contributed by atoms with Crippen molar-refractivity contribution >= 4 is 5.69 Å². The predicted molar refractivity (Wildman–Crippen MR) is 61.0 cm³/mol. The van der Waals surface area contributed by atoms with Crippen molar-refractivity contribution in [3.05, 3.63) is 26.0 Å². The van der Waals surface area contributed by atoms with Crippen molar-refractivity contribution in [3.63, 3.8) is 0 Å². The van der Waals surface area contributed by atoms with Gasteiger partial charge in [0.1, 0.15) is 6.10 Å². The first-order chi connectivity index (χ1) is 7.97. The quantitative estimate of drug-likeness (QED) is 0.628. The van der Waals surface area contributed by atoms with Crippen molar-refractivity contribution in [2.24, 2.45) is 0 Å². The lowest BCUT2D eigenvalue weighted by molar-refractivity contribution is -0.0229. The smallest absolute Gasteiger partial charge is 0.249 e. The van der Waals surface area contributed by atoms with Gasteiger partial charge in [-0.05, 0) is 0 Å². The van der Waals surface area contributed by atoms with E-state index in [2.05, 4.69) is 0 Å². The Hall–Kier alpha value is -1.24. The van der Waals surface area contributed by atoms with Gasteiger partial charge in [-0.3, -0.25) is 9.59 Å². The Morgan fingerprint density at radius 3 is 2.47 bits per heavy atom. The van der Waals surface area contributed by atoms with Crippen LogP contribution in [0.15, 0.2) is 9.59 Å². The highest BCUT2D eigenvalue weighted by atomic mass is 16.5. The molecule has 1 aliphatic heterocycles. The van der Waals surface area contributed by atoms with Gasteiger partial charge in [0.2, 0.25) is 10.9 Å². The molecule has 3 unspecified atom stereocenters. The van der Waals surface area contributed by atoms with Crippen molar-refractivity contribution in [1.29, 1.82) is 0 Å². The van der Waals surface area contributed by atoms with Crippen molar-refractivity contribution in [2.45, 2.75) is 24.7 Å². The van der Waals surface area contributed by atoms with Crippen LogP contribution >= 0.6 is 0 Å². The summed E-state index contributed by atoms with van der Waals surface area (Å²) in [6.45, 7) is -0.301.